The SMILES string of the molecule is O=C(O)c1ncccc1NC1(CO)CCC1. The summed E-state index contributed by atoms with van der Waals surface area (Å²) in [5.41, 5.74) is 0.124. The van der Waals surface area contributed by atoms with E-state index in [-0.39, 0.29) is 17.8 Å². The van der Waals surface area contributed by atoms with Crippen LogP contribution >= 0.6 is 0 Å². The number of anilines is 1. The molecule has 1 saturated carbocycles. The van der Waals surface area contributed by atoms with E-state index in [9.17, 15) is 9.90 Å². The summed E-state index contributed by atoms with van der Waals surface area (Å²) >= 11 is 0. The van der Waals surface area contributed by atoms with Gasteiger partial charge in [0.05, 0.1) is 17.8 Å². The lowest BCUT2D eigenvalue weighted by molar-refractivity contribution is 0.0690. The summed E-state index contributed by atoms with van der Waals surface area (Å²) in [6.07, 6.45) is 4.21. The third kappa shape index (κ3) is 1.86. The molecule has 0 aliphatic heterocycles. The normalized spacial score (nSPS) is 17.6. The Morgan fingerprint density at radius 1 is 1.56 bits per heavy atom. The summed E-state index contributed by atoms with van der Waals surface area (Å²) in [6, 6.07) is 3.35. The Hall–Kier alpha value is -1.62. The number of aromatic carboxylic acids is 1. The van der Waals surface area contributed by atoms with Gasteiger partial charge in [-0.2, -0.15) is 0 Å². The summed E-state index contributed by atoms with van der Waals surface area (Å²) in [7, 11) is 0. The van der Waals surface area contributed by atoms with Crippen LogP contribution in [0.3, 0.4) is 0 Å². The first-order chi connectivity index (χ1) is 7.67. The van der Waals surface area contributed by atoms with Crippen molar-refractivity contribution in [3.8, 4) is 0 Å². The zero-order valence-electron chi connectivity index (χ0n) is 8.81. The van der Waals surface area contributed by atoms with Crippen molar-refractivity contribution < 1.29 is 15.0 Å². The number of carbonyl (C=O) groups is 1. The van der Waals surface area contributed by atoms with Gasteiger partial charge in [-0.25, -0.2) is 9.78 Å². The molecule has 1 fully saturated rings. The van der Waals surface area contributed by atoms with E-state index in [4.69, 9.17) is 5.11 Å². The highest BCUT2D eigenvalue weighted by atomic mass is 16.4. The molecule has 0 aromatic carbocycles. The van der Waals surface area contributed by atoms with Crippen LogP contribution in [0.2, 0.25) is 0 Å². The molecule has 86 valence electrons. The second-order valence-corrected chi connectivity index (χ2v) is 4.12. The van der Waals surface area contributed by atoms with E-state index in [1.165, 1.54) is 6.20 Å². The quantitative estimate of drug-likeness (QED) is 0.710. The van der Waals surface area contributed by atoms with Crippen LogP contribution < -0.4 is 5.32 Å². The maximum atomic E-state index is 10.9. The number of carboxylic acid groups (broad SMARTS) is 1. The molecule has 5 heteroatoms. The van der Waals surface area contributed by atoms with E-state index in [1.807, 2.05) is 0 Å². The molecule has 16 heavy (non-hydrogen) atoms. The van der Waals surface area contributed by atoms with Gasteiger partial charge in [0.1, 0.15) is 0 Å². The van der Waals surface area contributed by atoms with Crippen molar-refractivity contribution in [2.45, 2.75) is 24.8 Å². The predicted molar refractivity (Wildman–Crippen MR) is 58.5 cm³/mol. The summed E-state index contributed by atoms with van der Waals surface area (Å²) in [5, 5.41) is 21.4. The van der Waals surface area contributed by atoms with Gasteiger partial charge >= 0.3 is 5.97 Å². The molecule has 1 aliphatic rings. The highest BCUT2D eigenvalue weighted by Gasteiger charge is 2.37. The summed E-state index contributed by atoms with van der Waals surface area (Å²) in [5.74, 6) is -1.06. The minimum atomic E-state index is -1.06. The van der Waals surface area contributed by atoms with Gasteiger partial charge < -0.3 is 15.5 Å². The van der Waals surface area contributed by atoms with Gasteiger partial charge in [0.15, 0.2) is 5.69 Å². The lowest BCUT2D eigenvalue weighted by Crippen LogP contribution is -2.48. The van der Waals surface area contributed by atoms with Gasteiger partial charge in [0.25, 0.3) is 0 Å². The number of aliphatic hydroxyl groups excluding tert-OH is 1. The third-order valence-electron chi connectivity index (χ3n) is 3.02. The van der Waals surface area contributed by atoms with Gasteiger partial charge in [-0.3, -0.25) is 0 Å². The van der Waals surface area contributed by atoms with E-state index in [0.717, 1.165) is 19.3 Å². The Morgan fingerprint density at radius 3 is 2.81 bits per heavy atom. The largest absolute Gasteiger partial charge is 0.476 e. The molecule has 3 N–H and O–H groups in total. The van der Waals surface area contributed by atoms with E-state index in [2.05, 4.69) is 10.3 Å². The molecule has 2 rings (SSSR count). The Morgan fingerprint density at radius 2 is 2.31 bits per heavy atom. The number of nitrogens with one attached hydrogen (secondary N) is 1. The van der Waals surface area contributed by atoms with Crippen molar-refractivity contribution in [3.63, 3.8) is 0 Å². The fraction of sp³-hybridized carbons (Fsp3) is 0.455. The molecule has 0 bridgehead atoms. The minimum absolute atomic E-state index is 0.00206. The molecule has 0 unspecified atom stereocenters. The summed E-state index contributed by atoms with van der Waals surface area (Å²) < 4.78 is 0. The molecular formula is C11H14N2O3. The van der Waals surface area contributed by atoms with Gasteiger partial charge in [0.2, 0.25) is 0 Å². The van der Waals surface area contributed by atoms with Crippen LogP contribution in [0.1, 0.15) is 29.8 Å². The number of hydrogen-bond donors (Lipinski definition) is 3. The molecule has 5 nitrogen and oxygen atoms in total. The van der Waals surface area contributed by atoms with Crippen LogP contribution in [0.15, 0.2) is 18.3 Å². The smallest absolute Gasteiger partial charge is 0.356 e. The molecule has 1 heterocycles. The van der Waals surface area contributed by atoms with Gasteiger partial charge in [-0.05, 0) is 31.4 Å². The predicted octanol–water partition coefficient (Wildman–Crippen LogP) is 1.11. The Kier molecular flexibility index (Phi) is 2.78. The van der Waals surface area contributed by atoms with Crippen molar-refractivity contribution in [1.29, 1.82) is 0 Å². The number of pyridine rings is 1. The lowest BCUT2D eigenvalue weighted by Gasteiger charge is -2.42. The average molecular weight is 222 g/mol. The standard InChI is InChI=1S/C11H14N2O3/c14-7-11(4-2-5-11)13-8-3-1-6-12-9(8)10(15)16/h1,3,6,13-14H,2,4-5,7H2,(H,15,16). The second-order valence-electron chi connectivity index (χ2n) is 4.12. The molecule has 0 spiro atoms. The fourth-order valence-corrected chi connectivity index (χ4v) is 1.89. The van der Waals surface area contributed by atoms with Crippen LogP contribution in [-0.4, -0.2) is 33.3 Å². The fourth-order valence-electron chi connectivity index (χ4n) is 1.89. The number of hydrogen-bond acceptors (Lipinski definition) is 4. The zero-order valence-corrected chi connectivity index (χ0v) is 8.81. The average Bonchev–Trinajstić information content (AvgIpc) is 2.24. The second kappa shape index (κ2) is 4.09. The monoisotopic (exact) mass is 222 g/mol. The maximum Gasteiger partial charge on any atom is 0.356 e. The van der Waals surface area contributed by atoms with Crippen molar-refractivity contribution in [2.24, 2.45) is 0 Å². The molecular weight excluding hydrogens is 208 g/mol. The van der Waals surface area contributed by atoms with E-state index >= 15 is 0 Å². The van der Waals surface area contributed by atoms with Crippen LogP contribution in [-0.2, 0) is 0 Å². The first kappa shape index (κ1) is 10.9. The molecule has 0 radical (unpaired) electrons. The number of nitrogens with zero attached hydrogens (tertiary/aromatic N) is 1. The third-order valence-corrected chi connectivity index (χ3v) is 3.02. The van der Waals surface area contributed by atoms with Crippen LogP contribution in [0.5, 0.6) is 0 Å². The van der Waals surface area contributed by atoms with Crippen LogP contribution in [0.4, 0.5) is 5.69 Å². The summed E-state index contributed by atoms with van der Waals surface area (Å²) in [4.78, 5) is 14.7. The maximum absolute atomic E-state index is 10.9. The molecule has 0 saturated heterocycles. The molecule has 1 aromatic rings. The zero-order chi connectivity index (χ0) is 11.6. The van der Waals surface area contributed by atoms with Crippen LogP contribution in [0, 0.1) is 0 Å². The number of aliphatic hydroxyl groups is 1. The van der Waals surface area contributed by atoms with Gasteiger partial charge in [0, 0.05) is 6.20 Å². The highest BCUT2D eigenvalue weighted by Crippen LogP contribution is 2.35. The Bertz CT molecular complexity index is 396. The van der Waals surface area contributed by atoms with Crippen LogP contribution in [0.25, 0.3) is 0 Å². The van der Waals surface area contributed by atoms with E-state index in [1.54, 1.807) is 12.1 Å². The Balaban J connectivity index is 2.23. The highest BCUT2D eigenvalue weighted by molar-refractivity contribution is 5.92. The van der Waals surface area contributed by atoms with Gasteiger partial charge in [-0.15, -0.1) is 0 Å². The molecule has 0 atom stereocenters. The number of aromatic nitrogens is 1. The first-order valence-electron chi connectivity index (χ1n) is 5.24. The molecule has 1 aromatic heterocycles. The van der Waals surface area contributed by atoms with E-state index < -0.39 is 5.97 Å². The number of carboxylic acids is 1. The minimum Gasteiger partial charge on any atom is -0.476 e. The Labute approximate surface area is 93.1 Å². The lowest BCUT2D eigenvalue weighted by atomic mass is 9.77. The van der Waals surface area contributed by atoms with Crippen molar-refractivity contribution in [3.05, 3.63) is 24.0 Å². The molecule has 0 amide bonds. The van der Waals surface area contributed by atoms with Crippen molar-refractivity contribution in [2.75, 3.05) is 11.9 Å². The molecule has 1 aliphatic carbocycles. The summed E-state index contributed by atoms with van der Waals surface area (Å²) in [6.45, 7) is 0.0148. The first-order valence-corrected chi connectivity index (χ1v) is 5.24. The van der Waals surface area contributed by atoms with Crippen molar-refractivity contribution >= 4 is 11.7 Å². The van der Waals surface area contributed by atoms with Crippen molar-refractivity contribution in [1.82, 2.24) is 4.98 Å². The van der Waals surface area contributed by atoms with E-state index in [0.29, 0.717) is 5.69 Å². The topological polar surface area (TPSA) is 82.5 Å². The van der Waals surface area contributed by atoms with Gasteiger partial charge in [-0.1, -0.05) is 0 Å². The number of rotatable bonds is 4.